The largest absolute Gasteiger partial charge is 0.482 e. The first-order chi connectivity index (χ1) is 22.8. The first kappa shape index (κ1) is 35.9. The molecule has 0 saturated carbocycles. The van der Waals surface area contributed by atoms with Crippen LogP contribution < -0.4 is 20.1 Å². The minimum absolute atomic E-state index is 0.0754. The summed E-state index contributed by atoms with van der Waals surface area (Å²) in [6.45, 7) is 0. The van der Waals surface area contributed by atoms with E-state index < -0.39 is 60.1 Å². The van der Waals surface area contributed by atoms with Crippen LogP contribution >= 0.6 is 0 Å². The fraction of sp³-hybridized carbons (Fsp3) is 0.312. The third kappa shape index (κ3) is 10.0. The second kappa shape index (κ2) is 15.8. The zero-order valence-electron chi connectivity index (χ0n) is 25.3. The number of furan rings is 2. The van der Waals surface area contributed by atoms with Crippen LogP contribution in [0.4, 0.5) is 26.3 Å². The molecular weight excluding hydrogens is 654 g/mol. The van der Waals surface area contributed by atoms with E-state index in [1.165, 1.54) is 26.6 Å². The van der Waals surface area contributed by atoms with Gasteiger partial charge in [0.15, 0.2) is 24.7 Å². The molecule has 2 heterocycles. The van der Waals surface area contributed by atoms with E-state index in [1.54, 1.807) is 24.3 Å². The Morgan fingerprint density at radius 1 is 0.625 bits per heavy atom. The van der Waals surface area contributed by atoms with Crippen LogP contribution in [-0.4, -0.2) is 38.5 Å². The summed E-state index contributed by atoms with van der Waals surface area (Å²) in [7, 11) is 2.87. The second-order valence-corrected chi connectivity index (χ2v) is 10.1. The van der Waals surface area contributed by atoms with E-state index in [-0.39, 0.29) is 35.9 Å². The normalized spacial score (nSPS) is 14.4. The molecule has 4 unspecified atom stereocenters. The van der Waals surface area contributed by atoms with Crippen LogP contribution in [0.2, 0.25) is 0 Å². The van der Waals surface area contributed by atoms with Crippen LogP contribution in [0.5, 0.6) is 11.5 Å². The molecule has 0 amide bonds. The Hall–Kier alpha value is -4.96. The van der Waals surface area contributed by atoms with Crippen LogP contribution in [0.3, 0.4) is 0 Å². The first-order valence-electron chi connectivity index (χ1n) is 14.3. The van der Waals surface area contributed by atoms with Crippen LogP contribution in [0.1, 0.15) is 47.7 Å². The molecule has 4 atom stereocenters. The number of hydrogen-bond acceptors (Lipinski definition) is 10. The number of esters is 2. The number of rotatable bonds is 14. The minimum Gasteiger partial charge on any atom is -0.482 e. The van der Waals surface area contributed by atoms with E-state index in [9.17, 15) is 35.9 Å². The molecule has 16 heteroatoms. The maximum Gasteiger partial charge on any atom is 0.419 e. The van der Waals surface area contributed by atoms with Gasteiger partial charge in [0.2, 0.25) is 0 Å². The molecule has 2 aromatic heterocycles. The van der Waals surface area contributed by atoms with Gasteiger partial charge in [-0.15, -0.1) is 0 Å². The van der Waals surface area contributed by atoms with Gasteiger partial charge < -0.3 is 27.8 Å². The molecule has 4 rings (SSSR count). The van der Waals surface area contributed by atoms with Gasteiger partial charge in [0.25, 0.3) is 0 Å². The van der Waals surface area contributed by atoms with Crippen LogP contribution in [-0.2, 0) is 31.4 Å². The van der Waals surface area contributed by atoms with Crippen LogP contribution in [0.15, 0.2) is 94.2 Å². The lowest BCUT2D eigenvalue weighted by atomic mass is 10.1. The molecule has 0 aliphatic rings. The Kier molecular flexibility index (Phi) is 11.8. The number of nitrogens with one attached hydrogen (secondary N) is 2. The number of carbonyl (C=O) groups excluding carboxylic acids is 2. The summed E-state index contributed by atoms with van der Waals surface area (Å²) in [6, 6.07) is 14.2. The summed E-state index contributed by atoms with van der Waals surface area (Å²) in [6.07, 6.45) is -10.9. The highest BCUT2D eigenvalue weighted by atomic mass is 19.4. The number of halogens is 6. The predicted octanol–water partition coefficient (Wildman–Crippen LogP) is 6.81. The maximum absolute atomic E-state index is 13.0. The van der Waals surface area contributed by atoms with Crippen LogP contribution in [0, 0.1) is 0 Å². The van der Waals surface area contributed by atoms with Crippen molar-refractivity contribution in [1.29, 1.82) is 0 Å². The molecule has 0 radical (unpaired) electrons. The lowest BCUT2D eigenvalue weighted by Gasteiger charge is -2.25. The lowest BCUT2D eigenvalue weighted by molar-refractivity contribution is -0.177. The quantitative estimate of drug-likeness (QED) is 0.0635. The number of hydrogen-bond donors (Lipinski definition) is 2. The van der Waals surface area contributed by atoms with E-state index in [4.69, 9.17) is 27.8 Å². The van der Waals surface area contributed by atoms with Gasteiger partial charge in [0, 0.05) is 12.8 Å². The summed E-state index contributed by atoms with van der Waals surface area (Å²) in [5.74, 6) is -2.10. The third-order valence-electron chi connectivity index (χ3n) is 6.81. The van der Waals surface area contributed by atoms with Gasteiger partial charge in [-0.25, -0.2) is 9.59 Å². The van der Waals surface area contributed by atoms with Gasteiger partial charge in [-0.3, -0.25) is 10.6 Å². The van der Waals surface area contributed by atoms with Crippen molar-refractivity contribution in [2.45, 2.75) is 49.9 Å². The van der Waals surface area contributed by atoms with E-state index >= 15 is 0 Å². The third-order valence-corrected chi connectivity index (χ3v) is 6.81. The van der Waals surface area contributed by atoms with Gasteiger partial charge in [0.1, 0.15) is 23.0 Å². The molecule has 258 valence electrons. The Labute approximate surface area is 269 Å². The summed E-state index contributed by atoms with van der Waals surface area (Å²) in [5.41, 5.74) is -1.74. The Balaban J connectivity index is 1.39. The molecule has 2 aromatic carbocycles. The van der Waals surface area contributed by atoms with E-state index in [1.807, 2.05) is 0 Å². The Morgan fingerprint density at radius 2 is 0.979 bits per heavy atom. The molecule has 48 heavy (non-hydrogen) atoms. The highest BCUT2D eigenvalue weighted by Crippen LogP contribution is 2.34. The number of carbonyl (C=O) groups is 2. The van der Waals surface area contributed by atoms with Crippen molar-refractivity contribution in [3.8, 4) is 11.5 Å². The van der Waals surface area contributed by atoms with Crippen molar-refractivity contribution in [3.05, 3.63) is 108 Å². The van der Waals surface area contributed by atoms with Crippen molar-refractivity contribution < 1.29 is 63.7 Å². The molecule has 2 N–H and O–H groups in total. The van der Waals surface area contributed by atoms with Gasteiger partial charge in [-0.1, -0.05) is 0 Å². The topological polar surface area (TPSA) is 121 Å². The predicted molar refractivity (Wildman–Crippen MR) is 154 cm³/mol. The second-order valence-electron chi connectivity index (χ2n) is 10.1. The van der Waals surface area contributed by atoms with E-state index in [0.717, 1.165) is 48.5 Å². The highest BCUT2D eigenvalue weighted by Gasteiger charge is 2.33. The fourth-order valence-corrected chi connectivity index (χ4v) is 4.36. The van der Waals surface area contributed by atoms with E-state index in [2.05, 4.69) is 10.6 Å². The molecule has 10 nitrogen and oxygen atoms in total. The molecule has 0 aliphatic heterocycles. The molecule has 4 aromatic rings. The number of benzene rings is 2. The van der Waals surface area contributed by atoms with Crippen LogP contribution in [0.25, 0.3) is 0 Å². The van der Waals surface area contributed by atoms with Crippen molar-refractivity contribution in [2.75, 3.05) is 14.1 Å². The fourth-order valence-electron chi connectivity index (χ4n) is 4.36. The summed E-state index contributed by atoms with van der Waals surface area (Å²) in [4.78, 5) is 25.5. The first-order valence-corrected chi connectivity index (χ1v) is 14.3. The molecule has 0 spiro atoms. The zero-order valence-corrected chi connectivity index (χ0v) is 25.3. The Morgan fingerprint density at radius 3 is 1.25 bits per heavy atom. The summed E-state index contributed by atoms with van der Waals surface area (Å²) >= 11 is 0. The van der Waals surface area contributed by atoms with E-state index in [0.29, 0.717) is 0 Å². The number of ether oxygens (including phenoxy) is 4. The molecule has 0 aliphatic carbocycles. The standard InChI is InChI=1S/C32H30F6N2O8/c1-39-27(17-25(23-5-3-15-43-23)45-21-11-7-19(8-12-21)31(33,34)35)47-29(41)30(42)48-28(40-2)18-26(24-6-4-16-44-24)46-22-13-9-20(10-14-22)32(36,37)38/h3-16,25-28,39-40H,17-18H2,1-2H3. The van der Waals surface area contributed by atoms with Gasteiger partial charge in [-0.2, -0.15) is 26.3 Å². The van der Waals surface area contributed by atoms with Crippen molar-refractivity contribution >= 4 is 11.9 Å². The van der Waals surface area contributed by atoms with Crippen molar-refractivity contribution in [2.24, 2.45) is 0 Å². The average molecular weight is 685 g/mol. The van der Waals surface area contributed by atoms with Crippen molar-refractivity contribution in [1.82, 2.24) is 10.6 Å². The molecule has 0 saturated heterocycles. The van der Waals surface area contributed by atoms with Crippen molar-refractivity contribution in [3.63, 3.8) is 0 Å². The average Bonchev–Trinajstić information content (AvgIpc) is 3.78. The summed E-state index contributed by atoms with van der Waals surface area (Å²) in [5, 5.41) is 5.43. The summed E-state index contributed by atoms with van der Waals surface area (Å²) < 4.78 is 111. The Bertz CT molecular complexity index is 1460. The maximum atomic E-state index is 13.0. The molecule has 0 bridgehead atoms. The van der Waals surface area contributed by atoms with Gasteiger partial charge in [0.05, 0.1) is 23.7 Å². The minimum atomic E-state index is -4.54. The van der Waals surface area contributed by atoms with Gasteiger partial charge in [-0.05, 0) is 86.9 Å². The monoisotopic (exact) mass is 684 g/mol. The number of alkyl halides is 6. The highest BCUT2D eigenvalue weighted by molar-refractivity contribution is 6.29. The van der Waals surface area contributed by atoms with Gasteiger partial charge >= 0.3 is 24.3 Å². The molecular formula is C32H30F6N2O8. The SMILES string of the molecule is CNC(CC(Oc1ccc(C(F)(F)F)cc1)c1ccco1)OC(=O)C(=O)OC(CC(Oc1ccc(C(F)(F)F)cc1)c1ccco1)NC. The smallest absolute Gasteiger partial charge is 0.419 e. The molecule has 0 fully saturated rings. The lowest BCUT2D eigenvalue weighted by Crippen LogP contribution is -2.40. The zero-order chi connectivity index (χ0) is 34.9.